The summed E-state index contributed by atoms with van der Waals surface area (Å²) in [4.78, 5) is 14.5. The molecule has 0 bridgehead atoms. The van der Waals surface area contributed by atoms with Crippen LogP contribution in [0.1, 0.15) is 29.6 Å². The average Bonchev–Trinajstić information content (AvgIpc) is 2.28. The maximum atomic E-state index is 12.6. The molecule has 2 rings (SSSR count). The lowest BCUT2D eigenvalue weighted by atomic mass is 9.91. The third kappa shape index (κ3) is 3.20. The summed E-state index contributed by atoms with van der Waals surface area (Å²) in [6.07, 6.45) is 3.42. The topological polar surface area (TPSA) is 20.3 Å². The van der Waals surface area contributed by atoms with Crippen molar-refractivity contribution >= 4 is 56.0 Å². The van der Waals surface area contributed by atoms with Crippen LogP contribution in [0.15, 0.2) is 22.7 Å². The lowest BCUT2D eigenvalue weighted by molar-refractivity contribution is 0.0597. The minimum Gasteiger partial charge on any atom is -0.334 e. The van der Waals surface area contributed by atoms with Crippen molar-refractivity contribution in [2.45, 2.75) is 25.3 Å². The highest BCUT2D eigenvalue weighted by Crippen LogP contribution is 2.28. The Kier molecular flexibility index (Phi) is 5.33. The monoisotopic (exact) mass is 441 g/mol. The van der Waals surface area contributed by atoms with Crippen molar-refractivity contribution in [3.63, 3.8) is 0 Å². The Balaban J connectivity index is 2.23. The van der Waals surface area contributed by atoms with Crippen LogP contribution in [0.25, 0.3) is 0 Å². The molecule has 0 atom stereocenters. The van der Waals surface area contributed by atoms with Gasteiger partial charge in [0.2, 0.25) is 0 Å². The molecule has 98 valence electrons. The fourth-order valence-corrected chi connectivity index (χ4v) is 3.14. The maximum absolute atomic E-state index is 12.6. The molecule has 1 aliphatic rings. The van der Waals surface area contributed by atoms with Crippen LogP contribution < -0.4 is 0 Å². The molecule has 1 fully saturated rings. The van der Waals surface area contributed by atoms with Crippen LogP contribution in [0.2, 0.25) is 0 Å². The van der Waals surface area contributed by atoms with E-state index in [0.29, 0.717) is 18.5 Å². The number of carbonyl (C=O) groups excluding carboxylic acids is 1. The van der Waals surface area contributed by atoms with Gasteiger partial charge in [0.05, 0.1) is 5.56 Å². The zero-order valence-corrected chi connectivity index (χ0v) is 14.3. The number of hydrogen-bond donors (Lipinski definition) is 0. The van der Waals surface area contributed by atoms with Gasteiger partial charge in [-0.3, -0.25) is 4.79 Å². The van der Waals surface area contributed by atoms with E-state index in [1.807, 2.05) is 23.1 Å². The van der Waals surface area contributed by atoms with Gasteiger partial charge in [0.1, 0.15) is 0 Å². The summed E-state index contributed by atoms with van der Waals surface area (Å²) in [5, 5.41) is 0. The van der Waals surface area contributed by atoms with Gasteiger partial charge >= 0.3 is 0 Å². The standard InChI is InChI=1S/C13H14BrClINO/c14-12-5-4-9(16)8-11(12)13(18)17(7-6-15)10-2-1-3-10/h4-5,8,10H,1-3,6-7H2. The van der Waals surface area contributed by atoms with Crippen LogP contribution in [0.4, 0.5) is 0 Å². The van der Waals surface area contributed by atoms with Crippen molar-refractivity contribution in [3.8, 4) is 0 Å². The van der Waals surface area contributed by atoms with Crippen molar-refractivity contribution in [1.29, 1.82) is 0 Å². The summed E-state index contributed by atoms with van der Waals surface area (Å²) in [6.45, 7) is 0.628. The van der Waals surface area contributed by atoms with Gasteiger partial charge in [0, 0.05) is 26.5 Å². The first-order chi connectivity index (χ1) is 8.63. The molecule has 0 radical (unpaired) electrons. The van der Waals surface area contributed by atoms with Crippen molar-refractivity contribution in [2.75, 3.05) is 12.4 Å². The summed E-state index contributed by atoms with van der Waals surface area (Å²) in [5.41, 5.74) is 0.735. The number of alkyl halides is 1. The maximum Gasteiger partial charge on any atom is 0.255 e. The molecule has 1 aromatic rings. The molecule has 0 aliphatic heterocycles. The van der Waals surface area contributed by atoms with Gasteiger partial charge < -0.3 is 4.90 Å². The molecule has 1 saturated carbocycles. The summed E-state index contributed by atoms with van der Waals surface area (Å²) < 4.78 is 1.92. The highest BCUT2D eigenvalue weighted by atomic mass is 127. The summed E-state index contributed by atoms with van der Waals surface area (Å²) in [5.74, 6) is 0.579. The Morgan fingerprint density at radius 2 is 2.22 bits per heavy atom. The Hall–Kier alpha value is 0.190. The molecule has 5 heteroatoms. The zero-order chi connectivity index (χ0) is 13.1. The quantitative estimate of drug-likeness (QED) is 0.503. The zero-order valence-electron chi connectivity index (χ0n) is 9.83. The SMILES string of the molecule is O=C(c1cc(I)ccc1Br)N(CCCl)C1CCC1. The number of hydrogen-bond acceptors (Lipinski definition) is 1. The largest absolute Gasteiger partial charge is 0.334 e. The fourth-order valence-electron chi connectivity index (χ4n) is 2.06. The Morgan fingerprint density at radius 1 is 1.50 bits per heavy atom. The normalized spacial score (nSPS) is 15.3. The van der Waals surface area contributed by atoms with Crippen LogP contribution in [-0.2, 0) is 0 Å². The Bertz CT molecular complexity index is 451. The lowest BCUT2D eigenvalue weighted by Gasteiger charge is -2.37. The molecule has 1 aromatic carbocycles. The third-order valence-electron chi connectivity index (χ3n) is 3.26. The van der Waals surface area contributed by atoms with Crippen molar-refractivity contribution in [3.05, 3.63) is 31.8 Å². The number of rotatable bonds is 4. The number of carbonyl (C=O) groups is 1. The fraction of sp³-hybridized carbons (Fsp3) is 0.462. The number of amides is 1. The van der Waals surface area contributed by atoms with E-state index < -0.39 is 0 Å². The number of halogens is 3. The number of nitrogens with zero attached hydrogens (tertiary/aromatic N) is 1. The lowest BCUT2D eigenvalue weighted by Crippen LogP contribution is -2.45. The van der Waals surface area contributed by atoms with E-state index in [0.717, 1.165) is 26.4 Å². The first-order valence-corrected chi connectivity index (χ1v) is 8.36. The van der Waals surface area contributed by atoms with Crippen LogP contribution in [0.5, 0.6) is 0 Å². The van der Waals surface area contributed by atoms with Gasteiger partial charge in [-0.15, -0.1) is 11.6 Å². The third-order valence-corrected chi connectivity index (χ3v) is 4.79. The molecule has 18 heavy (non-hydrogen) atoms. The summed E-state index contributed by atoms with van der Waals surface area (Å²) in [7, 11) is 0. The van der Waals surface area contributed by atoms with Crippen LogP contribution >= 0.6 is 50.1 Å². The molecule has 0 spiro atoms. The van der Waals surface area contributed by atoms with Crippen molar-refractivity contribution in [1.82, 2.24) is 4.90 Å². The van der Waals surface area contributed by atoms with Gasteiger partial charge in [-0.1, -0.05) is 0 Å². The van der Waals surface area contributed by atoms with Gasteiger partial charge in [0.15, 0.2) is 0 Å². The van der Waals surface area contributed by atoms with E-state index in [-0.39, 0.29) is 5.91 Å². The second kappa shape index (κ2) is 6.57. The smallest absolute Gasteiger partial charge is 0.255 e. The van der Waals surface area contributed by atoms with E-state index in [1.54, 1.807) is 0 Å². The molecule has 1 amide bonds. The summed E-state index contributed by atoms with van der Waals surface area (Å²) in [6, 6.07) is 6.21. The van der Waals surface area contributed by atoms with E-state index in [2.05, 4.69) is 38.5 Å². The molecular weight excluding hydrogens is 428 g/mol. The predicted octanol–water partition coefficient (Wildman–Crippen LogP) is 4.29. The minimum atomic E-state index is 0.0886. The van der Waals surface area contributed by atoms with Gasteiger partial charge in [-0.2, -0.15) is 0 Å². The van der Waals surface area contributed by atoms with E-state index in [4.69, 9.17) is 11.6 Å². The molecule has 0 aromatic heterocycles. The number of benzene rings is 1. The van der Waals surface area contributed by atoms with Crippen LogP contribution in [-0.4, -0.2) is 29.3 Å². The highest BCUT2D eigenvalue weighted by molar-refractivity contribution is 14.1. The molecule has 0 N–H and O–H groups in total. The average molecular weight is 443 g/mol. The van der Waals surface area contributed by atoms with E-state index in [9.17, 15) is 4.79 Å². The Morgan fingerprint density at radius 3 is 2.78 bits per heavy atom. The van der Waals surface area contributed by atoms with Gasteiger partial charge in [-0.05, 0) is 76.0 Å². The van der Waals surface area contributed by atoms with Crippen molar-refractivity contribution in [2.24, 2.45) is 0 Å². The van der Waals surface area contributed by atoms with Gasteiger partial charge in [0.25, 0.3) is 5.91 Å². The minimum absolute atomic E-state index is 0.0886. The molecule has 0 heterocycles. The first-order valence-electron chi connectivity index (χ1n) is 5.95. The molecular formula is C13H14BrClINO. The van der Waals surface area contributed by atoms with E-state index in [1.165, 1.54) is 6.42 Å². The molecule has 1 aliphatic carbocycles. The molecule has 0 saturated heterocycles. The Labute approximate surface area is 134 Å². The summed E-state index contributed by atoms with van der Waals surface area (Å²) >= 11 is 11.5. The highest BCUT2D eigenvalue weighted by Gasteiger charge is 2.29. The molecule has 2 nitrogen and oxygen atoms in total. The second-order valence-corrected chi connectivity index (χ2v) is 6.87. The molecule has 0 unspecified atom stereocenters. The van der Waals surface area contributed by atoms with Gasteiger partial charge in [-0.25, -0.2) is 0 Å². The predicted molar refractivity (Wildman–Crippen MR) is 86.3 cm³/mol. The van der Waals surface area contributed by atoms with Crippen LogP contribution in [0, 0.1) is 3.57 Å². The second-order valence-electron chi connectivity index (χ2n) is 4.40. The van der Waals surface area contributed by atoms with Crippen molar-refractivity contribution < 1.29 is 4.79 Å². The van der Waals surface area contributed by atoms with E-state index >= 15 is 0 Å². The van der Waals surface area contributed by atoms with Crippen LogP contribution in [0.3, 0.4) is 0 Å². The first kappa shape index (κ1) is 14.6.